The zero-order chi connectivity index (χ0) is 22.1. The van der Waals surface area contributed by atoms with E-state index >= 15 is 0 Å². The van der Waals surface area contributed by atoms with Crippen LogP contribution in [0.2, 0.25) is 0 Å². The summed E-state index contributed by atoms with van der Waals surface area (Å²) in [4.78, 5) is 22.2. The van der Waals surface area contributed by atoms with Crippen LogP contribution in [0.25, 0.3) is 11.4 Å². The van der Waals surface area contributed by atoms with Crippen LogP contribution in [-0.2, 0) is 10.8 Å². The Balaban J connectivity index is 1.97. The van der Waals surface area contributed by atoms with Gasteiger partial charge in [-0.05, 0) is 46.2 Å². The van der Waals surface area contributed by atoms with E-state index < -0.39 is 0 Å². The maximum absolute atomic E-state index is 13.1. The van der Waals surface area contributed by atoms with E-state index in [-0.39, 0.29) is 16.7 Å². The Morgan fingerprint density at radius 1 is 1.03 bits per heavy atom. The molecule has 3 rings (SSSR count). The molecule has 2 aromatic heterocycles. The number of benzene rings is 1. The van der Waals surface area contributed by atoms with Crippen molar-refractivity contribution in [3.63, 3.8) is 0 Å². The maximum atomic E-state index is 13.1. The molecule has 0 saturated carbocycles. The van der Waals surface area contributed by atoms with Crippen molar-refractivity contribution >= 4 is 22.4 Å². The molecule has 0 fully saturated rings. The van der Waals surface area contributed by atoms with Gasteiger partial charge in [-0.3, -0.25) is 15.1 Å². The molecule has 0 aliphatic heterocycles. The molecular weight excluding hydrogens is 392 g/mol. The van der Waals surface area contributed by atoms with E-state index in [4.69, 9.17) is 0 Å². The normalized spacial score (nSPS) is 11.8. The lowest BCUT2D eigenvalue weighted by atomic mass is 9.79. The predicted molar refractivity (Wildman–Crippen MR) is 122 cm³/mol. The summed E-state index contributed by atoms with van der Waals surface area (Å²) in [6.07, 6.45) is 1.65. The third kappa shape index (κ3) is 4.74. The fourth-order valence-corrected chi connectivity index (χ4v) is 3.69. The van der Waals surface area contributed by atoms with E-state index in [0.717, 1.165) is 22.5 Å². The molecule has 1 aromatic carbocycles. The molecule has 0 atom stereocenters. The van der Waals surface area contributed by atoms with Gasteiger partial charge in [-0.1, -0.05) is 65.0 Å². The van der Waals surface area contributed by atoms with Crippen molar-refractivity contribution < 1.29 is 4.79 Å². The summed E-state index contributed by atoms with van der Waals surface area (Å²) in [6, 6.07) is 13.6. The van der Waals surface area contributed by atoms with Gasteiger partial charge < -0.3 is 0 Å². The number of amides is 1. The number of anilines is 1. The van der Waals surface area contributed by atoms with E-state index in [2.05, 4.69) is 69.0 Å². The molecule has 0 spiro atoms. The van der Waals surface area contributed by atoms with Gasteiger partial charge in [0.2, 0.25) is 0 Å². The van der Waals surface area contributed by atoms with Gasteiger partial charge in [0.1, 0.15) is 16.6 Å². The Kier molecular flexibility index (Phi) is 5.78. The van der Waals surface area contributed by atoms with Crippen LogP contribution in [0.5, 0.6) is 0 Å². The first-order valence-electron chi connectivity index (χ1n) is 9.79. The highest BCUT2D eigenvalue weighted by Crippen LogP contribution is 2.32. The number of thiazole rings is 1. The molecule has 5 nitrogen and oxygen atoms in total. The summed E-state index contributed by atoms with van der Waals surface area (Å²) in [5.74, 6) is -0.239. The summed E-state index contributed by atoms with van der Waals surface area (Å²) < 4.78 is 0. The molecule has 6 heteroatoms. The zero-order valence-electron chi connectivity index (χ0n) is 18.2. The van der Waals surface area contributed by atoms with Crippen molar-refractivity contribution in [2.45, 2.75) is 52.4 Å². The molecule has 2 heterocycles. The standard InChI is InChI=1S/C24H26N4OS/c1-23(2,3)16-11-15(12-17(13-16)24(4,5)6)21(29)28-22-27-20(19(14-25)30-22)18-9-7-8-10-26-18/h7-13H,1-6H3,(H,27,28,29). The molecule has 0 bridgehead atoms. The number of nitrogens with zero attached hydrogens (tertiary/aromatic N) is 3. The second kappa shape index (κ2) is 8.00. The van der Waals surface area contributed by atoms with Gasteiger partial charge in [-0.15, -0.1) is 0 Å². The van der Waals surface area contributed by atoms with Crippen LogP contribution in [0, 0.1) is 11.3 Å². The fraction of sp³-hybridized carbons (Fsp3) is 0.333. The minimum atomic E-state index is -0.239. The minimum absolute atomic E-state index is 0.0857. The molecule has 0 aliphatic carbocycles. The van der Waals surface area contributed by atoms with Crippen LogP contribution in [0.15, 0.2) is 42.6 Å². The molecule has 154 valence electrons. The summed E-state index contributed by atoms with van der Waals surface area (Å²) >= 11 is 1.15. The molecule has 0 radical (unpaired) electrons. The van der Waals surface area contributed by atoms with Gasteiger partial charge >= 0.3 is 0 Å². The molecular formula is C24H26N4OS. The molecule has 0 unspecified atom stereocenters. The van der Waals surface area contributed by atoms with Crippen molar-refractivity contribution in [3.05, 3.63) is 64.2 Å². The molecule has 30 heavy (non-hydrogen) atoms. The summed E-state index contributed by atoms with van der Waals surface area (Å²) in [5.41, 5.74) is 3.71. The first kappa shape index (κ1) is 21.7. The van der Waals surface area contributed by atoms with E-state index in [9.17, 15) is 10.1 Å². The number of hydrogen-bond donors (Lipinski definition) is 1. The van der Waals surface area contributed by atoms with Crippen molar-refractivity contribution in [2.24, 2.45) is 0 Å². The Morgan fingerprint density at radius 2 is 1.67 bits per heavy atom. The first-order chi connectivity index (χ1) is 14.0. The van der Waals surface area contributed by atoms with Gasteiger partial charge in [0.15, 0.2) is 5.13 Å². The topological polar surface area (TPSA) is 78.7 Å². The Labute approximate surface area is 181 Å². The summed E-state index contributed by atoms with van der Waals surface area (Å²) in [7, 11) is 0. The van der Waals surface area contributed by atoms with Gasteiger partial charge in [-0.25, -0.2) is 4.98 Å². The molecule has 1 N–H and O–H groups in total. The van der Waals surface area contributed by atoms with Gasteiger partial charge in [0.05, 0.1) is 5.69 Å². The third-order valence-corrected chi connectivity index (χ3v) is 5.66. The number of nitrogens with one attached hydrogen (secondary N) is 1. The van der Waals surface area contributed by atoms with Crippen LogP contribution in [0.3, 0.4) is 0 Å². The quantitative estimate of drug-likeness (QED) is 0.572. The second-order valence-electron chi connectivity index (χ2n) is 9.28. The average molecular weight is 419 g/mol. The third-order valence-electron chi connectivity index (χ3n) is 4.78. The Hall–Kier alpha value is -3.04. The van der Waals surface area contributed by atoms with Crippen LogP contribution in [0.4, 0.5) is 5.13 Å². The number of carbonyl (C=O) groups excluding carboxylic acids is 1. The Bertz CT molecular complexity index is 1080. The number of pyridine rings is 1. The van der Waals surface area contributed by atoms with Crippen LogP contribution in [-0.4, -0.2) is 15.9 Å². The highest BCUT2D eigenvalue weighted by molar-refractivity contribution is 7.16. The lowest BCUT2D eigenvalue weighted by Gasteiger charge is -2.26. The van der Waals surface area contributed by atoms with Gasteiger partial charge in [-0.2, -0.15) is 5.26 Å². The second-order valence-corrected chi connectivity index (χ2v) is 10.3. The SMILES string of the molecule is CC(C)(C)c1cc(C(=O)Nc2nc(-c3ccccn3)c(C#N)s2)cc(C(C)(C)C)c1. The van der Waals surface area contributed by atoms with Crippen LogP contribution in [0.1, 0.15) is 67.9 Å². The molecule has 0 saturated heterocycles. The van der Waals surface area contributed by atoms with E-state index in [0.29, 0.717) is 27.0 Å². The lowest BCUT2D eigenvalue weighted by molar-refractivity contribution is 0.102. The van der Waals surface area contributed by atoms with Crippen LogP contribution >= 0.6 is 11.3 Å². The van der Waals surface area contributed by atoms with E-state index in [1.54, 1.807) is 18.3 Å². The monoisotopic (exact) mass is 418 g/mol. The number of hydrogen-bond acceptors (Lipinski definition) is 5. The first-order valence-corrected chi connectivity index (χ1v) is 10.6. The average Bonchev–Trinajstić information content (AvgIpc) is 3.09. The number of nitriles is 1. The number of carbonyl (C=O) groups is 1. The van der Waals surface area contributed by atoms with Crippen molar-refractivity contribution in [1.29, 1.82) is 5.26 Å². The highest BCUT2D eigenvalue weighted by atomic mass is 32.1. The van der Waals surface area contributed by atoms with E-state index in [1.807, 2.05) is 18.2 Å². The molecule has 3 aromatic rings. The summed E-state index contributed by atoms with van der Waals surface area (Å²) in [6.45, 7) is 12.8. The maximum Gasteiger partial charge on any atom is 0.257 e. The summed E-state index contributed by atoms with van der Waals surface area (Å²) in [5, 5.41) is 12.7. The highest BCUT2D eigenvalue weighted by Gasteiger charge is 2.23. The largest absolute Gasteiger partial charge is 0.298 e. The number of rotatable bonds is 3. The van der Waals surface area contributed by atoms with Crippen molar-refractivity contribution in [3.8, 4) is 17.5 Å². The van der Waals surface area contributed by atoms with Gasteiger partial charge in [0, 0.05) is 11.8 Å². The van der Waals surface area contributed by atoms with Crippen molar-refractivity contribution in [2.75, 3.05) is 5.32 Å². The number of aromatic nitrogens is 2. The lowest BCUT2D eigenvalue weighted by Crippen LogP contribution is -2.20. The van der Waals surface area contributed by atoms with E-state index in [1.165, 1.54) is 0 Å². The Morgan fingerprint density at radius 3 is 2.17 bits per heavy atom. The molecule has 0 aliphatic rings. The van der Waals surface area contributed by atoms with Crippen molar-refractivity contribution in [1.82, 2.24) is 9.97 Å². The molecule has 1 amide bonds. The zero-order valence-corrected chi connectivity index (χ0v) is 19.0. The van der Waals surface area contributed by atoms with Crippen LogP contribution < -0.4 is 5.32 Å². The van der Waals surface area contributed by atoms with Gasteiger partial charge in [0.25, 0.3) is 5.91 Å². The fourth-order valence-electron chi connectivity index (χ4n) is 2.92. The smallest absolute Gasteiger partial charge is 0.257 e. The minimum Gasteiger partial charge on any atom is -0.298 e. The predicted octanol–water partition coefficient (Wildman–Crippen LogP) is 5.92.